The average Bonchev–Trinajstić information content (AvgIpc) is 2.76. The zero-order chi connectivity index (χ0) is 20.2. The number of nitrogens with one attached hydrogen (secondary N) is 1. The smallest absolute Gasteiger partial charge is 0.229 e. The van der Waals surface area contributed by atoms with E-state index in [2.05, 4.69) is 34.3 Å². The van der Waals surface area contributed by atoms with Crippen molar-refractivity contribution < 1.29 is 4.79 Å². The number of aromatic nitrogens is 2. The topological polar surface area (TPSA) is 58.1 Å². The van der Waals surface area contributed by atoms with Crippen molar-refractivity contribution in [2.45, 2.75) is 26.7 Å². The molecule has 1 aliphatic rings. The van der Waals surface area contributed by atoms with Gasteiger partial charge in [0.05, 0.1) is 5.92 Å². The molecule has 148 valence electrons. The molecule has 0 bridgehead atoms. The van der Waals surface area contributed by atoms with Crippen LogP contribution in [0.15, 0.2) is 60.8 Å². The van der Waals surface area contributed by atoms with E-state index in [9.17, 15) is 4.79 Å². The second-order valence-corrected chi connectivity index (χ2v) is 7.74. The molecule has 1 fully saturated rings. The van der Waals surface area contributed by atoms with E-state index >= 15 is 0 Å². The highest BCUT2D eigenvalue weighted by atomic mass is 16.1. The molecule has 1 atom stereocenters. The average molecular weight is 386 g/mol. The van der Waals surface area contributed by atoms with Gasteiger partial charge in [0.25, 0.3) is 0 Å². The van der Waals surface area contributed by atoms with E-state index in [1.807, 2.05) is 49.4 Å². The van der Waals surface area contributed by atoms with Crippen molar-refractivity contribution in [1.82, 2.24) is 9.97 Å². The maximum absolute atomic E-state index is 12.8. The van der Waals surface area contributed by atoms with Gasteiger partial charge >= 0.3 is 0 Å². The molecular weight excluding hydrogens is 360 g/mol. The predicted octanol–water partition coefficient (Wildman–Crippen LogP) is 4.62. The number of hydrogen-bond donors (Lipinski definition) is 1. The van der Waals surface area contributed by atoms with Gasteiger partial charge in [0.15, 0.2) is 5.82 Å². The van der Waals surface area contributed by atoms with Crippen LogP contribution in [0.4, 0.5) is 11.5 Å². The first-order valence-corrected chi connectivity index (χ1v) is 10.1. The van der Waals surface area contributed by atoms with Crippen LogP contribution in [0.3, 0.4) is 0 Å². The third kappa shape index (κ3) is 4.62. The zero-order valence-corrected chi connectivity index (χ0v) is 16.9. The van der Waals surface area contributed by atoms with Gasteiger partial charge in [0.2, 0.25) is 5.91 Å². The lowest BCUT2D eigenvalue weighted by Gasteiger charge is -2.33. The Bertz CT molecular complexity index is 983. The van der Waals surface area contributed by atoms with Gasteiger partial charge in [0, 0.05) is 30.5 Å². The normalized spacial score (nSPS) is 16.5. The SMILES string of the molecule is Cc1ccc(NC(=O)[C@H]2CCCN(c3ccnc(-c4ccc(C)cc4)n3)C2)cc1. The molecule has 1 amide bonds. The first-order valence-electron chi connectivity index (χ1n) is 10.1. The standard InChI is InChI=1S/C24H26N4O/c1-17-5-9-19(10-6-17)23-25-14-13-22(27-23)28-15-3-4-20(16-28)24(29)26-21-11-7-18(2)8-12-21/h5-14,20H,3-4,15-16H2,1-2H3,(H,26,29)/t20-/m0/s1. The predicted molar refractivity (Wildman–Crippen MR) is 117 cm³/mol. The van der Waals surface area contributed by atoms with Crippen LogP contribution in [-0.4, -0.2) is 29.0 Å². The Morgan fingerprint density at radius 2 is 1.69 bits per heavy atom. The van der Waals surface area contributed by atoms with Gasteiger partial charge in [-0.25, -0.2) is 9.97 Å². The summed E-state index contributed by atoms with van der Waals surface area (Å²) in [5.74, 6) is 1.62. The molecule has 5 nitrogen and oxygen atoms in total. The van der Waals surface area contributed by atoms with E-state index in [-0.39, 0.29) is 11.8 Å². The van der Waals surface area contributed by atoms with Gasteiger partial charge in [-0.2, -0.15) is 0 Å². The molecule has 2 heterocycles. The molecule has 3 aromatic rings. The lowest BCUT2D eigenvalue weighted by molar-refractivity contribution is -0.120. The van der Waals surface area contributed by atoms with Crippen LogP contribution in [0.5, 0.6) is 0 Å². The zero-order valence-electron chi connectivity index (χ0n) is 16.9. The first kappa shape index (κ1) is 19.1. The number of rotatable bonds is 4. The molecule has 0 saturated carbocycles. The number of amides is 1. The number of carbonyl (C=O) groups is 1. The van der Waals surface area contributed by atoms with Crippen LogP contribution in [0.25, 0.3) is 11.4 Å². The number of nitrogens with zero attached hydrogens (tertiary/aromatic N) is 3. The van der Waals surface area contributed by atoms with Crippen LogP contribution in [0.1, 0.15) is 24.0 Å². The van der Waals surface area contributed by atoms with Crippen LogP contribution < -0.4 is 10.2 Å². The van der Waals surface area contributed by atoms with Crippen molar-refractivity contribution in [3.05, 3.63) is 71.9 Å². The third-order valence-electron chi connectivity index (χ3n) is 5.39. The summed E-state index contributed by atoms with van der Waals surface area (Å²) < 4.78 is 0. The first-order chi connectivity index (χ1) is 14.1. The highest BCUT2D eigenvalue weighted by molar-refractivity contribution is 5.93. The Hall–Kier alpha value is -3.21. The summed E-state index contributed by atoms with van der Waals surface area (Å²) in [6.07, 6.45) is 3.66. The van der Waals surface area contributed by atoms with Crippen LogP contribution in [0.2, 0.25) is 0 Å². The summed E-state index contributed by atoms with van der Waals surface area (Å²) in [4.78, 5) is 24.2. The highest BCUT2D eigenvalue weighted by Gasteiger charge is 2.27. The summed E-state index contributed by atoms with van der Waals surface area (Å²) in [5, 5.41) is 3.06. The molecule has 0 aliphatic carbocycles. The Labute approximate surface area is 171 Å². The summed E-state index contributed by atoms with van der Waals surface area (Å²) in [5.41, 5.74) is 4.24. The van der Waals surface area contributed by atoms with Crippen molar-refractivity contribution in [3.63, 3.8) is 0 Å². The van der Waals surface area contributed by atoms with Gasteiger partial charge in [0.1, 0.15) is 5.82 Å². The molecule has 1 N–H and O–H groups in total. The Morgan fingerprint density at radius 3 is 2.41 bits per heavy atom. The fourth-order valence-corrected chi connectivity index (χ4v) is 3.65. The van der Waals surface area contributed by atoms with Crippen LogP contribution in [-0.2, 0) is 4.79 Å². The lowest BCUT2D eigenvalue weighted by Crippen LogP contribution is -2.41. The molecule has 29 heavy (non-hydrogen) atoms. The monoisotopic (exact) mass is 386 g/mol. The summed E-state index contributed by atoms with van der Waals surface area (Å²) >= 11 is 0. The maximum Gasteiger partial charge on any atom is 0.229 e. The van der Waals surface area contributed by atoms with Crippen molar-refractivity contribution in [1.29, 1.82) is 0 Å². The molecule has 0 spiro atoms. The quantitative estimate of drug-likeness (QED) is 0.711. The fourth-order valence-electron chi connectivity index (χ4n) is 3.65. The number of hydrogen-bond acceptors (Lipinski definition) is 4. The number of aryl methyl sites for hydroxylation is 2. The van der Waals surface area contributed by atoms with Gasteiger partial charge < -0.3 is 10.2 Å². The third-order valence-corrected chi connectivity index (χ3v) is 5.39. The van der Waals surface area contributed by atoms with Gasteiger partial charge in [-0.1, -0.05) is 47.5 Å². The van der Waals surface area contributed by atoms with Crippen molar-refractivity contribution in [2.75, 3.05) is 23.3 Å². The molecule has 5 heteroatoms. The molecule has 1 aliphatic heterocycles. The number of piperidine rings is 1. The van der Waals surface area contributed by atoms with Crippen molar-refractivity contribution >= 4 is 17.4 Å². The van der Waals surface area contributed by atoms with Crippen molar-refractivity contribution in [2.24, 2.45) is 5.92 Å². The van der Waals surface area contributed by atoms with E-state index < -0.39 is 0 Å². The van der Waals surface area contributed by atoms with E-state index in [0.29, 0.717) is 12.4 Å². The molecule has 2 aromatic carbocycles. The maximum atomic E-state index is 12.8. The minimum Gasteiger partial charge on any atom is -0.356 e. The van der Waals surface area contributed by atoms with Crippen LogP contribution in [0, 0.1) is 19.8 Å². The van der Waals surface area contributed by atoms with Gasteiger partial charge in [-0.3, -0.25) is 4.79 Å². The molecular formula is C24H26N4O. The van der Waals surface area contributed by atoms with Gasteiger partial charge in [-0.15, -0.1) is 0 Å². The van der Waals surface area contributed by atoms with E-state index in [1.165, 1.54) is 11.1 Å². The van der Waals surface area contributed by atoms with Gasteiger partial charge in [-0.05, 0) is 44.9 Å². The molecule has 0 radical (unpaired) electrons. The van der Waals surface area contributed by atoms with E-state index in [0.717, 1.165) is 36.5 Å². The summed E-state index contributed by atoms with van der Waals surface area (Å²) in [6.45, 7) is 5.68. The lowest BCUT2D eigenvalue weighted by atomic mass is 9.97. The summed E-state index contributed by atoms with van der Waals surface area (Å²) in [7, 11) is 0. The largest absolute Gasteiger partial charge is 0.356 e. The number of carbonyl (C=O) groups excluding carboxylic acids is 1. The van der Waals surface area contributed by atoms with Crippen molar-refractivity contribution in [3.8, 4) is 11.4 Å². The molecule has 0 unspecified atom stereocenters. The summed E-state index contributed by atoms with van der Waals surface area (Å²) in [6, 6.07) is 18.1. The fraction of sp³-hybridized carbons (Fsp3) is 0.292. The molecule has 1 saturated heterocycles. The second-order valence-electron chi connectivity index (χ2n) is 7.74. The number of benzene rings is 2. The number of anilines is 2. The molecule has 4 rings (SSSR count). The minimum absolute atomic E-state index is 0.0529. The Morgan fingerprint density at radius 1 is 1.00 bits per heavy atom. The van der Waals surface area contributed by atoms with E-state index in [4.69, 9.17) is 4.98 Å². The second kappa shape index (κ2) is 8.43. The van der Waals surface area contributed by atoms with E-state index in [1.54, 1.807) is 6.20 Å². The molecule has 1 aromatic heterocycles. The Kier molecular flexibility index (Phi) is 5.56. The minimum atomic E-state index is -0.0529. The van der Waals surface area contributed by atoms with Crippen LogP contribution >= 0.6 is 0 Å². The highest BCUT2D eigenvalue weighted by Crippen LogP contribution is 2.25. The Balaban J connectivity index is 1.46.